The largest absolute Gasteiger partial charge is 0.392 e. The number of carbonyl (C=O) groups excluding carboxylic acids is 1. The Balaban J connectivity index is 2.98. The van der Waals surface area contributed by atoms with Crippen molar-refractivity contribution in [3.05, 3.63) is 0 Å². The normalized spacial score (nSPS) is 16.4. The third kappa shape index (κ3) is 4.18. The lowest BCUT2D eigenvalue weighted by Crippen LogP contribution is -2.53. The van der Waals surface area contributed by atoms with Crippen molar-refractivity contribution in [3.8, 4) is 0 Å². The first-order valence-corrected chi connectivity index (χ1v) is 8.90. The zero-order chi connectivity index (χ0) is 16.0. The molecule has 0 aromatic carbocycles. The molecule has 0 aliphatic heterocycles. The number of nitrogens with two attached hydrogens (primary N) is 1. The van der Waals surface area contributed by atoms with E-state index in [1.807, 2.05) is 13.8 Å². The van der Waals surface area contributed by atoms with Crippen molar-refractivity contribution in [2.75, 3.05) is 6.54 Å². The zero-order valence-corrected chi connectivity index (χ0v) is 15.0. The van der Waals surface area contributed by atoms with Crippen LogP contribution in [-0.2, 0) is 4.79 Å². The van der Waals surface area contributed by atoms with Crippen molar-refractivity contribution in [1.29, 1.82) is 0 Å². The molecular weight excluding hydrogens is 280 g/mol. The molecule has 0 aromatic rings. The van der Waals surface area contributed by atoms with Crippen LogP contribution >= 0.6 is 12.2 Å². The number of nitrogens with zero attached hydrogens (tertiary/aromatic N) is 1. The highest BCUT2D eigenvalue weighted by Crippen LogP contribution is 2.34. The first kappa shape index (κ1) is 18.4. The van der Waals surface area contributed by atoms with Gasteiger partial charge in [-0.1, -0.05) is 52.8 Å². The minimum Gasteiger partial charge on any atom is -0.392 e. The van der Waals surface area contributed by atoms with Crippen LogP contribution in [0.1, 0.15) is 72.6 Å². The van der Waals surface area contributed by atoms with Gasteiger partial charge in [-0.25, -0.2) is 0 Å². The van der Waals surface area contributed by atoms with Gasteiger partial charge in [0.15, 0.2) is 0 Å². The second-order valence-electron chi connectivity index (χ2n) is 6.77. The lowest BCUT2D eigenvalue weighted by atomic mass is 9.80. The summed E-state index contributed by atoms with van der Waals surface area (Å²) in [6.07, 6.45) is 7.16. The molecule has 1 saturated carbocycles. The van der Waals surface area contributed by atoms with Crippen molar-refractivity contribution in [3.63, 3.8) is 0 Å². The monoisotopic (exact) mass is 312 g/mol. The van der Waals surface area contributed by atoms with Crippen molar-refractivity contribution in [2.24, 2.45) is 17.1 Å². The van der Waals surface area contributed by atoms with Crippen LogP contribution in [0.2, 0.25) is 0 Å². The van der Waals surface area contributed by atoms with E-state index in [1.165, 1.54) is 12.8 Å². The Morgan fingerprint density at radius 1 is 1.29 bits per heavy atom. The summed E-state index contributed by atoms with van der Waals surface area (Å²) >= 11 is 5.26. The van der Waals surface area contributed by atoms with Gasteiger partial charge in [-0.05, 0) is 38.0 Å². The summed E-state index contributed by atoms with van der Waals surface area (Å²) in [7, 11) is 0. The molecule has 3 nitrogen and oxygen atoms in total. The van der Waals surface area contributed by atoms with Crippen LogP contribution in [0.5, 0.6) is 0 Å². The van der Waals surface area contributed by atoms with Crippen LogP contribution in [0, 0.1) is 11.3 Å². The molecule has 4 heteroatoms. The van der Waals surface area contributed by atoms with Gasteiger partial charge in [-0.3, -0.25) is 4.79 Å². The maximum atomic E-state index is 13.2. The number of hydrogen-bond donors (Lipinski definition) is 1. The second-order valence-corrected chi connectivity index (χ2v) is 7.21. The summed E-state index contributed by atoms with van der Waals surface area (Å²) in [5.41, 5.74) is 5.33. The molecule has 1 fully saturated rings. The first-order chi connectivity index (χ1) is 9.89. The van der Waals surface area contributed by atoms with Crippen molar-refractivity contribution >= 4 is 23.1 Å². The molecule has 1 rings (SSSR count). The molecule has 0 bridgehead atoms. The molecule has 122 valence electrons. The maximum absolute atomic E-state index is 13.2. The predicted octanol–water partition coefficient (Wildman–Crippen LogP) is 3.90. The number of thiocarbonyl (C=S) groups is 1. The summed E-state index contributed by atoms with van der Waals surface area (Å²) in [5, 5.41) is 0. The summed E-state index contributed by atoms with van der Waals surface area (Å²) in [4.78, 5) is 15.7. The molecular formula is C17H32N2OS. The van der Waals surface area contributed by atoms with Crippen molar-refractivity contribution in [1.82, 2.24) is 4.90 Å². The quantitative estimate of drug-likeness (QED) is 0.692. The van der Waals surface area contributed by atoms with Crippen LogP contribution in [0.3, 0.4) is 0 Å². The van der Waals surface area contributed by atoms with Crippen molar-refractivity contribution < 1.29 is 4.79 Å². The van der Waals surface area contributed by atoms with Gasteiger partial charge in [0.25, 0.3) is 0 Å². The average Bonchev–Trinajstić information content (AvgIpc) is 2.94. The lowest BCUT2D eigenvalue weighted by molar-refractivity contribution is -0.141. The molecule has 0 spiro atoms. The highest BCUT2D eigenvalue weighted by Gasteiger charge is 2.43. The summed E-state index contributed by atoms with van der Waals surface area (Å²) < 4.78 is 0. The van der Waals surface area contributed by atoms with E-state index in [-0.39, 0.29) is 5.91 Å². The highest BCUT2D eigenvalue weighted by atomic mass is 32.1. The van der Waals surface area contributed by atoms with E-state index in [9.17, 15) is 4.79 Å². The van der Waals surface area contributed by atoms with Crippen LogP contribution in [0.4, 0.5) is 0 Å². The number of carbonyl (C=O) groups is 1. The molecule has 0 heterocycles. The third-order valence-electron chi connectivity index (χ3n) is 5.06. The van der Waals surface area contributed by atoms with Crippen LogP contribution in [-0.4, -0.2) is 28.4 Å². The minimum absolute atomic E-state index is 0.174. The van der Waals surface area contributed by atoms with Gasteiger partial charge in [-0.15, -0.1) is 0 Å². The van der Waals surface area contributed by atoms with Crippen LogP contribution in [0.15, 0.2) is 0 Å². The van der Waals surface area contributed by atoms with Gasteiger partial charge < -0.3 is 10.6 Å². The van der Waals surface area contributed by atoms with Gasteiger partial charge in [0.2, 0.25) is 5.91 Å². The van der Waals surface area contributed by atoms with Crippen molar-refractivity contribution in [2.45, 2.75) is 78.7 Å². The third-order valence-corrected chi connectivity index (χ3v) is 5.45. The Hall–Kier alpha value is -0.640. The number of rotatable bonds is 8. The fourth-order valence-electron chi connectivity index (χ4n) is 3.34. The SMILES string of the molecule is CCC(CC)(C(=O)N(CCC(C)C)C1CCCC1)C(N)=S. The van der Waals surface area contributed by atoms with Gasteiger partial charge in [0.1, 0.15) is 0 Å². The highest BCUT2D eigenvalue weighted by molar-refractivity contribution is 7.80. The van der Waals surface area contributed by atoms with Crippen LogP contribution in [0.25, 0.3) is 0 Å². The first-order valence-electron chi connectivity index (χ1n) is 8.50. The van der Waals surface area contributed by atoms with E-state index < -0.39 is 5.41 Å². The fourth-order valence-corrected chi connectivity index (χ4v) is 3.72. The van der Waals surface area contributed by atoms with Gasteiger partial charge in [0.05, 0.1) is 10.4 Å². The van der Waals surface area contributed by atoms with Crippen LogP contribution < -0.4 is 5.73 Å². The van der Waals surface area contributed by atoms with E-state index in [1.54, 1.807) is 0 Å². The fraction of sp³-hybridized carbons (Fsp3) is 0.882. The topological polar surface area (TPSA) is 46.3 Å². The molecule has 1 amide bonds. The molecule has 0 aromatic heterocycles. The Labute approximate surface area is 135 Å². The smallest absolute Gasteiger partial charge is 0.235 e. The molecule has 0 radical (unpaired) electrons. The van der Waals surface area contributed by atoms with E-state index in [0.29, 0.717) is 29.8 Å². The molecule has 1 aliphatic rings. The molecule has 2 N–H and O–H groups in total. The molecule has 1 aliphatic carbocycles. The second kappa shape index (κ2) is 8.11. The summed E-state index contributed by atoms with van der Waals surface area (Å²) in [6, 6.07) is 0.392. The Morgan fingerprint density at radius 3 is 2.19 bits per heavy atom. The average molecular weight is 313 g/mol. The van der Waals surface area contributed by atoms with Gasteiger partial charge >= 0.3 is 0 Å². The van der Waals surface area contributed by atoms with E-state index >= 15 is 0 Å². The predicted molar refractivity (Wildman–Crippen MR) is 93.2 cm³/mol. The minimum atomic E-state index is -0.644. The van der Waals surface area contributed by atoms with Gasteiger partial charge in [-0.2, -0.15) is 0 Å². The molecule has 0 unspecified atom stereocenters. The summed E-state index contributed by atoms with van der Waals surface area (Å²) in [6.45, 7) is 9.30. The Kier molecular flexibility index (Phi) is 7.11. The standard InChI is InChI=1S/C17H32N2OS/c1-5-17(6-2,15(18)21)16(20)19(12-11-13(3)4)14-9-7-8-10-14/h13-14H,5-12H2,1-4H3,(H2,18,21). The van der Waals surface area contributed by atoms with E-state index in [4.69, 9.17) is 18.0 Å². The zero-order valence-electron chi connectivity index (χ0n) is 14.2. The summed E-state index contributed by atoms with van der Waals surface area (Å²) in [5.74, 6) is 0.775. The Morgan fingerprint density at radius 2 is 1.81 bits per heavy atom. The Bertz CT molecular complexity index is 358. The number of hydrogen-bond acceptors (Lipinski definition) is 2. The molecule has 0 saturated heterocycles. The van der Waals surface area contributed by atoms with E-state index in [0.717, 1.165) is 25.8 Å². The molecule has 21 heavy (non-hydrogen) atoms. The number of amides is 1. The van der Waals surface area contributed by atoms with Gasteiger partial charge in [0, 0.05) is 12.6 Å². The van der Waals surface area contributed by atoms with E-state index in [2.05, 4.69) is 18.7 Å². The lowest BCUT2D eigenvalue weighted by Gasteiger charge is -2.39. The maximum Gasteiger partial charge on any atom is 0.235 e. The molecule has 0 atom stereocenters.